The van der Waals surface area contributed by atoms with Gasteiger partial charge in [0.25, 0.3) is 0 Å². The highest BCUT2D eigenvalue weighted by molar-refractivity contribution is 5.76. The van der Waals surface area contributed by atoms with Crippen LogP contribution in [-0.4, -0.2) is 45.2 Å². The summed E-state index contributed by atoms with van der Waals surface area (Å²) in [5, 5.41) is 11.5. The number of piperidine rings is 1. The summed E-state index contributed by atoms with van der Waals surface area (Å²) in [5.41, 5.74) is 0. The Balaban J connectivity index is 1.47. The van der Waals surface area contributed by atoms with Crippen LogP contribution in [0.1, 0.15) is 83.1 Å². The van der Waals surface area contributed by atoms with Crippen molar-refractivity contribution in [1.82, 2.24) is 25.0 Å². The zero-order chi connectivity index (χ0) is 17.6. The van der Waals surface area contributed by atoms with Gasteiger partial charge in [-0.2, -0.15) is 0 Å². The van der Waals surface area contributed by atoms with Crippen molar-refractivity contribution in [2.75, 3.05) is 19.6 Å². The van der Waals surface area contributed by atoms with Crippen LogP contribution in [0.25, 0.3) is 0 Å². The predicted octanol–water partition coefficient (Wildman–Crippen LogP) is 3.08. The number of hydrogen-bond acceptors (Lipinski definition) is 4. The van der Waals surface area contributed by atoms with Crippen molar-refractivity contribution in [3.05, 3.63) is 12.2 Å². The van der Waals surface area contributed by atoms with E-state index in [1.165, 1.54) is 38.6 Å². The molecule has 1 atom stereocenters. The molecule has 1 aromatic heterocycles. The second kappa shape index (κ2) is 8.79. The van der Waals surface area contributed by atoms with E-state index in [-0.39, 0.29) is 11.9 Å². The van der Waals surface area contributed by atoms with Gasteiger partial charge in [0.2, 0.25) is 5.91 Å². The van der Waals surface area contributed by atoms with Crippen molar-refractivity contribution in [2.45, 2.75) is 77.3 Å². The minimum Gasteiger partial charge on any atom is -0.346 e. The van der Waals surface area contributed by atoms with Gasteiger partial charge in [-0.25, -0.2) is 0 Å². The van der Waals surface area contributed by atoms with E-state index in [1.54, 1.807) is 0 Å². The number of rotatable bonds is 7. The molecule has 6 heteroatoms. The Morgan fingerprint density at radius 3 is 2.68 bits per heavy atom. The van der Waals surface area contributed by atoms with Gasteiger partial charge in [0.1, 0.15) is 6.33 Å². The molecule has 140 valence electrons. The topological polar surface area (TPSA) is 63.1 Å². The smallest absolute Gasteiger partial charge is 0.220 e. The molecule has 6 nitrogen and oxygen atoms in total. The summed E-state index contributed by atoms with van der Waals surface area (Å²) >= 11 is 0. The first-order valence-corrected chi connectivity index (χ1v) is 10.1. The number of hydrogen-bond donors (Lipinski definition) is 1. The maximum atomic E-state index is 12.5. The molecule has 1 aliphatic carbocycles. The second-order valence-electron chi connectivity index (χ2n) is 7.81. The van der Waals surface area contributed by atoms with Gasteiger partial charge in [0.05, 0.1) is 6.04 Å². The largest absolute Gasteiger partial charge is 0.346 e. The monoisotopic (exact) mass is 347 g/mol. The number of carbonyl (C=O) groups excluding carboxylic acids is 1. The first-order chi connectivity index (χ1) is 12.2. The fraction of sp³-hybridized carbons (Fsp3) is 0.842. The van der Waals surface area contributed by atoms with Gasteiger partial charge in [-0.15, -0.1) is 10.2 Å². The van der Waals surface area contributed by atoms with E-state index in [1.807, 2.05) is 13.3 Å². The quantitative estimate of drug-likeness (QED) is 0.823. The Bertz CT molecular complexity index is 544. The lowest BCUT2D eigenvalue weighted by molar-refractivity contribution is -0.123. The molecule has 1 saturated carbocycles. The molecule has 0 unspecified atom stereocenters. The van der Waals surface area contributed by atoms with Crippen LogP contribution < -0.4 is 5.32 Å². The van der Waals surface area contributed by atoms with Crippen LogP contribution in [0.5, 0.6) is 0 Å². The maximum Gasteiger partial charge on any atom is 0.220 e. The second-order valence-corrected chi connectivity index (χ2v) is 7.81. The SMILES string of the molecule is CCCN1CCC(CC(=O)N[C@@H](C)c2nncn2C2CCCC2)CC1. The van der Waals surface area contributed by atoms with Gasteiger partial charge in [-0.05, 0) is 64.6 Å². The average molecular weight is 348 g/mol. The first kappa shape index (κ1) is 18.4. The first-order valence-electron chi connectivity index (χ1n) is 10.1. The number of carbonyl (C=O) groups is 1. The average Bonchev–Trinajstić information content (AvgIpc) is 3.28. The molecule has 1 N–H and O–H groups in total. The summed E-state index contributed by atoms with van der Waals surface area (Å²) < 4.78 is 2.18. The lowest BCUT2D eigenvalue weighted by Gasteiger charge is -2.31. The summed E-state index contributed by atoms with van der Waals surface area (Å²) in [5.74, 6) is 1.58. The normalized spacial score (nSPS) is 21.5. The number of nitrogens with zero attached hydrogens (tertiary/aromatic N) is 4. The van der Waals surface area contributed by atoms with Crippen molar-refractivity contribution in [1.29, 1.82) is 0 Å². The minimum atomic E-state index is -0.0734. The molecule has 0 radical (unpaired) electrons. The maximum absolute atomic E-state index is 12.5. The van der Waals surface area contributed by atoms with E-state index >= 15 is 0 Å². The third-order valence-electron chi connectivity index (χ3n) is 5.80. The van der Waals surface area contributed by atoms with Crippen LogP contribution in [0.2, 0.25) is 0 Å². The van der Waals surface area contributed by atoms with Crippen molar-refractivity contribution in [2.24, 2.45) is 5.92 Å². The standard InChI is InChI=1S/C19H33N5O/c1-3-10-23-11-8-16(9-12-23)13-18(25)21-15(2)19-22-20-14-24(19)17-6-4-5-7-17/h14-17H,3-13H2,1-2H3,(H,21,25)/t15-/m0/s1. The van der Waals surface area contributed by atoms with E-state index in [0.717, 1.165) is 31.8 Å². The van der Waals surface area contributed by atoms with Gasteiger partial charge in [0, 0.05) is 12.5 Å². The molecule has 25 heavy (non-hydrogen) atoms. The molecule has 1 saturated heterocycles. The van der Waals surface area contributed by atoms with Crippen LogP contribution in [0.3, 0.4) is 0 Å². The summed E-state index contributed by atoms with van der Waals surface area (Å²) in [7, 11) is 0. The highest BCUT2D eigenvalue weighted by Gasteiger charge is 2.25. The van der Waals surface area contributed by atoms with Gasteiger partial charge >= 0.3 is 0 Å². The summed E-state index contributed by atoms with van der Waals surface area (Å²) in [6, 6.07) is 0.433. The third-order valence-corrected chi connectivity index (χ3v) is 5.80. The van der Waals surface area contributed by atoms with Crippen LogP contribution >= 0.6 is 0 Å². The Morgan fingerprint density at radius 2 is 2.00 bits per heavy atom. The Labute approximate surface area is 151 Å². The molecule has 2 fully saturated rings. The number of amides is 1. The number of aromatic nitrogens is 3. The molecular weight excluding hydrogens is 314 g/mol. The van der Waals surface area contributed by atoms with Crippen molar-refractivity contribution in [3.63, 3.8) is 0 Å². The van der Waals surface area contributed by atoms with E-state index in [4.69, 9.17) is 0 Å². The van der Waals surface area contributed by atoms with Crippen LogP contribution in [0.4, 0.5) is 0 Å². The summed E-state index contributed by atoms with van der Waals surface area (Å²) in [4.78, 5) is 15.0. The molecule has 0 spiro atoms. The molecule has 0 aromatic carbocycles. The zero-order valence-electron chi connectivity index (χ0n) is 15.8. The molecule has 3 rings (SSSR count). The zero-order valence-corrected chi connectivity index (χ0v) is 15.8. The van der Waals surface area contributed by atoms with Crippen molar-refractivity contribution < 1.29 is 4.79 Å². The minimum absolute atomic E-state index is 0.0734. The van der Waals surface area contributed by atoms with Crippen molar-refractivity contribution >= 4 is 5.91 Å². The number of nitrogens with one attached hydrogen (secondary N) is 1. The Hall–Kier alpha value is -1.43. The lowest BCUT2D eigenvalue weighted by Crippen LogP contribution is -2.37. The molecule has 2 heterocycles. The fourth-order valence-electron chi connectivity index (χ4n) is 4.38. The van der Waals surface area contributed by atoms with Crippen LogP contribution in [0.15, 0.2) is 6.33 Å². The van der Waals surface area contributed by atoms with Crippen LogP contribution in [-0.2, 0) is 4.79 Å². The molecule has 0 bridgehead atoms. The fourth-order valence-corrected chi connectivity index (χ4v) is 4.38. The van der Waals surface area contributed by atoms with Gasteiger partial charge in [-0.1, -0.05) is 19.8 Å². The van der Waals surface area contributed by atoms with Gasteiger partial charge in [0.15, 0.2) is 5.82 Å². The number of likely N-dealkylation sites (tertiary alicyclic amines) is 1. The van der Waals surface area contributed by atoms with Crippen LogP contribution in [0, 0.1) is 5.92 Å². The molecule has 2 aliphatic rings. The summed E-state index contributed by atoms with van der Waals surface area (Å²) in [6.45, 7) is 7.71. The van der Waals surface area contributed by atoms with E-state index in [2.05, 4.69) is 31.9 Å². The van der Waals surface area contributed by atoms with E-state index in [0.29, 0.717) is 18.4 Å². The van der Waals surface area contributed by atoms with Gasteiger partial charge < -0.3 is 14.8 Å². The lowest BCUT2D eigenvalue weighted by atomic mass is 9.93. The highest BCUT2D eigenvalue weighted by atomic mass is 16.1. The van der Waals surface area contributed by atoms with E-state index < -0.39 is 0 Å². The van der Waals surface area contributed by atoms with Crippen molar-refractivity contribution in [3.8, 4) is 0 Å². The highest BCUT2D eigenvalue weighted by Crippen LogP contribution is 2.31. The molecular formula is C19H33N5O. The summed E-state index contributed by atoms with van der Waals surface area (Å²) in [6.07, 6.45) is 10.9. The van der Waals surface area contributed by atoms with E-state index in [9.17, 15) is 4.79 Å². The van der Waals surface area contributed by atoms with Gasteiger partial charge in [-0.3, -0.25) is 4.79 Å². The molecule has 1 amide bonds. The molecule has 1 aromatic rings. The third kappa shape index (κ3) is 4.81. The predicted molar refractivity (Wildman–Crippen MR) is 98.2 cm³/mol. The Morgan fingerprint density at radius 1 is 1.28 bits per heavy atom. The Kier molecular flexibility index (Phi) is 6.45. The molecule has 1 aliphatic heterocycles.